The van der Waals surface area contributed by atoms with Gasteiger partial charge in [0.1, 0.15) is 0 Å². The van der Waals surface area contributed by atoms with Crippen LogP contribution in [-0.2, 0) is 0 Å². The smallest absolute Gasteiger partial charge is 0.0112 e. The van der Waals surface area contributed by atoms with Crippen LogP contribution >= 0.6 is 0 Å². The Hall–Kier alpha value is -2.86. The van der Waals surface area contributed by atoms with Gasteiger partial charge in [-0.15, -0.1) is 0 Å². The van der Waals surface area contributed by atoms with Crippen molar-refractivity contribution in [2.45, 2.75) is 0 Å². The molecule has 0 aromatic heterocycles. The van der Waals surface area contributed by atoms with E-state index in [1.54, 1.807) is 0 Å². The molecule has 0 radical (unpaired) electrons. The van der Waals surface area contributed by atoms with E-state index in [1.165, 1.54) is 16.3 Å². The van der Waals surface area contributed by atoms with Crippen molar-refractivity contribution in [2.24, 2.45) is 0 Å². The lowest BCUT2D eigenvalue weighted by Gasteiger charge is -1.99. The standard InChI is InChI=1S/C12H10.C10H10/c1-2-10-7-5-8-11-6-3-4-9-12(10)11;1-3-9-7-5-6-8-10(9)4-2/h2-9H,1H2;3-8H,1-2H2. The Morgan fingerprint density at radius 1 is 0.500 bits per heavy atom. The summed E-state index contributed by atoms with van der Waals surface area (Å²) in [6, 6.07) is 22.6. The predicted molar refractivity (Wildman–Crippen MR) is 101 cm³/mol. The van der Waals surface area contributed by atoms with E-state index in [4.69, 9.17) is 0 Å². The molecule has 0 heteroatoms. The molecule has 108 valence electrons. The van der Waals surface area contributed by atoms with E-state index in [0.29, 0.717) is 0 Å². The van der Waals surface area contributed by atoms with Crippen molar-refractivity contribution >= 4 is 29.0 Å². The fourth-order valence-corrected chi connectivity index (χ4v) is 2.31. The second kappa shape index (κ2) is 7.80. The third kappa shape index (κ3) is 3.62. The zero-order valence-corrected chi connectivity index (χ0v) is 12.7. The van der Waals surface area contributed by atoms with Crippen LogP contribution < -0.4 is 0 Å². The third-order valence-electron chi connectivity index (χ3n) is 3.48. The highest BCUT2D eigenvalue weighted by Crippen LogP contribution is 2.18. The zero-order chi connectivity index (χ0) is 15.8. The first-order valence-electron chi connectivity index (χ1n) is 7.24. The summed E-state index contributed by atoms with van der Waals surface area (Å²) in [7, 11) is 0. The van der Waals surface area contributed by atoms with E-state index in [9.17, 15) is 0 Å². The molecule has 0 saturated carbocycles. The maximum absolute atomic E-state index is 3.78. The average Bonchev–Trinajstić information content (AvgIpc) is 2.61. The molecular weight excluding hydrogens is 264 g/mol. The summed E-state index contributed by atoms with van der Waals surface area (Å²) in [5.74, 6) is 0. The normalized spacial score (nSPS) is 9.45. The van der Waals surface area contributed by atoms with Crippen molar-refractivity contribution in [1.82, 2.24) is 0 Å². The van der Waals surface area contributed by atoms with Crippen LogP contribution in [0.3, 0.4) is 0 Å². The first-order valence-corrected chi connectivity index (χ1v) is 7.24. The minimum atomic E-state index is 1.14. The van der Waals surface area contributed by atoms with Gasteiger partial charge in [-0.05, 0) is 27.5 Å². The van der Waals surface area contributed by atoms with Gasteiger partial charge in [-0.2, -0.15) is 0 Å². The van der Waals surface area contributed by atoms with Gasteiger partial charge in [0, 0.05) is 0 Å². The summed E-state index contributed by atoms with van der Waals surface area (Å²) >= 11 is 0. The van der Waals surface area contributed by atoms with E-state index in [0.717, 1.165) is 11.1 Å². The summed E-state index contributed by atoms with van der Waals surface area (Å²) < 4.78 is 0. The van der Waals surface area contributed by atoms with Gasteiger partial charge in [0.15, 0.2) is 0 Å². The Balaban J connectivity index is 0.000000164. The van der Waals surface area contributed by atoms with E-state index in [1.807, 2.05) is 42.5 Å². The molecule has 0 amide bonds. The van der Waals surface area contributed by atoms with Gasteiger partial charge in [0.05, 0.1) is 0 Å². The lowest BCUT2D eigenvalue weighted by molar-refractivity contribution is 1.62. The Kier molecular flexibility index (Phi) is 5.50. The first-order chi connectivity index (χ1) is 10.8. The number of benzene rings is 3. The van der Waals surface area contributed by atoms with Crippen LogP contribution in [0, 0.1) is 0 Å². The Bertz CT molecular complexity index is 762. The molecule has 0 bridgehead atoms. The van der Waals surface area contributed by atoms with E-state index < -0.39 is 0 Å². The Morgan fingerprint density at radius 2 is 0.955 bits per heavy atom. The van der Waals surface area contributed by atoms with E-state index >= 15 is 0 Å². The van der Waals surface area contributed by atoms with Gasteiger partial charge in [-0.1, -0.05) is 105 Å². The van der Waals surface area contributed by atoms with Crippen molar-refractivity contribution in [1.29, 1.82) is 0 Å². The molecule has 0 atom stereocenters. The van der Waals surface area contributed by atoms with Crippen LogP contribution in [0.4, 0.5) is 0 Å². The van der Waals surface area contributed by atoms with Crippen LogP contribution in [0.25, 0.3) is 29.0 Å². The minimum Gasteiger partial charge on any atom is -0.0984 e. The first kappa shape index (κ1) is 15.5. The fraction of sp³-hybridized carbons (Fsp3) is 0. The van der Waals surface area contributed by atoms with Gasteiger partial charge in [0.2, 0.25) is 0 Å². The molecular formula is C22H20. The summed E-state index contributed by atoms with van der Waals surface area (Å²) in [5.41, 5.74) is 3.48. The summed E-state index contributed by atoms with van der Waals surface area (Å²) in [6.07, 6.45) is 5.55. The van der Waals surface area contributed by atoms with E-state index in [2.05, 4.69) is 62.2 Å². The highest BCUT2D eigenvalue weighted by atomic mass is 14.0. The monoisotopic (exact) mass is 284 g/mol. The lowest BCUT2D eigenvalue weighted by atomic mass is 10.1. The Morgan fingerprint density at radius 3 is 1.55 bits per heavy atom. The number of hydrogen-bond acceptors (Lipinski definition) is 0. The van der Waals surface area contributed by atoms with Gasteiger partial charge in [0.25, 0.3) is 0 Å². The molecule has 0 aliphatic carbocycles. The highest BCUT2D eigenvalue weighted by Gasteiger charge is 1.94. The van der Waals surface area contributed by atoms with Crippen molar-refractivity contribution in [2.75, 3.05) is 0 Å². The van der Waals surface area contributed by atoms with Gasteiger partial charge < -0.3 is 0 Å². The van der Waals surface area contributed by atoms with Gasteiger partial charge in [-0.3, -0.25) is 0 Å². The SMILES string of the molecule is C=Cc1cccc2ccccc12.C=Cc1ccccc1C=C. The van der Waals surface area contributed by atoms with Crippen LogP contribution in [0.2, 0.25) is 0 Å². The minimum absolute atomic E-state index is 1.14. The fourth-order valence-electron chi connectivity index (χ4n) is 2.31. The van der Waals surface area contributed by atoms with Crippen LogP contribution in [0.15, 0.2) is 86.5 Å². The number of rotatable bonds is 3. The summed E-state index contributed by atoms with van der Waals surface area (Å²) in [4.78, 5) is 0. The topological polar surface area (TPSA) is 0 Å². The summed E-state index contributed by atoms with van der Waals surface area (Å²) in [5, 5.41) is 2.55. The zero-order valence-electron chi connectivity index (χ0n) is 12.7. The average molecular weight is 284 g/mol. The van der Waals surface area contributed by atoms with Crippen molar-refractivity contribution in [3.63, 3.8) is 0 Å². The van der Waals surface area contributed by atoms with Crippen molar-refractivity contribution < 1.29 is 0 Å². The molecule has 0 spiro atoms. The maximum atomic E-state index is 3.78. The molecule has 3 aromatic carbocycles. The lowest BCUT2D eigenvalue weighted by Crippen LogP contribution is -1.76. The molecule has 0 saturated heterocycles. The molecule has 22 heavy (non-hydrogen) atoms. The van der Waals surface area contributed by atoms with E-state index in [-0.39, 0.29) is 0 Å². The van der Waals surface area contributed by atoms with Gasteiger partial charge >= 0.3 is 0 Å². The predicted octanol–water partition coefficient (Wildman–Crippen LogP) is 6.46. The quantitative estimate of drug-likeness (QED) is 0.518. The number of fused-ring (bicyclic) bond motifs is 1. The van der Waals surface area contributed by atoms with Crippen LogP contribution in [0.5, 0.6) is 0 Å². The molecule has 0 aliphatic heterocycles. The molecule has 0 nitrogen and oxygen atoms in total. The maximum Gasteiger partial charge on any atom is -0.0112 e. The molecule has 0 fully saturated rings. The molecule has 0 heterocycles. The molecule has 0 aliphatic rings. The van der Waals surface area contributed by atoms with Crippen LogP contribution in [0.1, 0.15) is 16.7 Å². The van der Waals surface area contributed by atoms with Crippen LogP contribution in [-0.4, -0.2) is 0 Å². The third-order valence-corrected chi connectivity index (χ3v) is 3.48. The summed E-state index contributed by atoms with van der Waals surface area (Å²) in [6.45, 7) is 11.2. The van der Waals surface area contributed by atoms with Gasteiger partial charge in [-0.25, -0.2) is 0 Å². The second-order valence-electron chi connectivity index (χ2n) is 4.81. The largest absolute Gasteiger partial charge is 0.0984 e. The molecule has 3 rings (SSSR count). The van der Waals surface area contributed by atoms with Crippen molar-refractivity contribution in [3.8, 4) is 0 Å². The second-order valence-corrected chi connectivity index (χ2v) is 4.81. The molecule has 0 N–H and O–H groups in total. The van der Waals surface area contributed by atoms with Crippen molar-refractivity contribution in [3.05, 3.63) is 103 Å². The Labute approximate surface area is 132 Å². The molecule has 0 unspecified atom stereocenters. The number of hydrogen-bond donors (Lipinski definition) is 0. The highest BCUT2D eigenvalue weighted by molar-refractivity contribution is 5.90. The molecule has 3 aromatic rings.